The summed E-state index contributed by atoms with van der Waals surface area (Å²) >= 11 is 0. The fourth-order valence-corrected chi connectivity index (χ4v) is 3.20. The van der Waals surface area contributed by atoms with Crippen LogP contribution in [0, 0.1) is 11.3 Å². The Morgan fingerprint density at radius 2 is 2.15 bits per heavy atom. The van der Waals surface area contributed by atoms with Gasteiger partial charge in [-0.25, -0.2) is 0 Å². The van der Waals surface area contributed by atoms with Crippen molar-refractivity contribution in [3.8, 4) is 6.07 Å². The van der Waals surface area contributed by atoms with Crippen LogP contribution >= 0.6 is 0 Å². The fourth-order valence-electron chi connectivity index (χ4n) is 2.12. The largest absolute Gasteiger partial charge is 0.325 e. The first-order valence-corrected chi connectivity index (χ1v) is 7.99. The second kappa shape index (κ2) is 6.64. The normalized spacial score (nSPS) is 18.2. The summed E-state index contributed by atoms with van der Waals surface area (Å²) in [6, 6.07) is 8.62. The predicted molar refractivity (Wildman–Crippen MR) is 78.7 cm³/mol. The average Bonchev–Trinajstić information content (AvgIpc) is 2.47. The Bertz CT molecular complexity index is 558. The molecule has 0 saturated carbocycles. The summed E-state index contributed by atoms with van der Waals surface area (Å²) < 4.78 is 11.3. The van der Waals surface area contributed by atoms with Crippen molar-refractivity contribution < 1.29 is 9.00 Å². The van der Waals surface area contributed by atoms with E-state index in [1.165, 1.54) is 0 Å². The molecule has 0 aliphatic carbocycles. The predicted octanol–water partition coefficient (Wildman–Crippen LogP) is 0.950. The van der Waals surface area contributed by atoms with Crippen molar-refractivity contribution in [2.75, 3.05) is 29.9 Å². The summed E-state index contributed by atoms with van der Waals surface area (Å²) in [5.74, 6) is 1.15. The minimum absolute atomic E-state index is 0.104. The van der Waals surface area contributed by atoms with E-state index in [0.717, 1.165) is 0 Å². The number of hydrogen-bond acceptors (Lipinski definition) is 4. The molecule has 1 aliphatic rings. The average molecular weight is 291 g/mol. The minimum Gasteiger partial charge on any atom is -0.325 e. The van der Waals surface area contributed by atoms with E-state index in [1.54, 1.807) is 24.3 Å². The van der Waals surface area contributed by atoms with Crippen molar-refractivity contribution in [3.63, 3.8) is 0 Å². The van der Waals surface area contributed by atoms with Crippen LogP contribution in [0.4, 0.5) is 5.69 Å². The van der Waals surface area contributed by atoms with E-state index in [2.05, 4.69) is 5.32 Å². The summed E-state index contributed by atoms with van der Waals surface area (Å²) in [5, 5.41) is 11.7. The molecule has 1 heterocycles. The zero-order chi connectivity index (χ0) is 14.5. The van der Waals surface area contributed by atoms with Gasteiger partial charge >= 0.3 is 0 Å². The number of hydrogen-bond donors (Lipinski definition) is 1. The van der Waals surface area contributed by atoms with Crippen molar-refractivity contribution in [1.29, 1.82) is 5.26 Å². The highest BCUT2D eigenvalue weighted by Gasteiger charge is 2.24. The van der Waals surface area contributed by atoms with E-state index in [1.807, 2.05) is 17.9 Å². The number of benzene rings is 1. The van der Waals surface area contributed by atoms with E-state index < -0.39 is 10.8 Å². The number of nitriles is 1. The van der Waals surface area contributed by atoms with Crippen LogP contribution in [0.25, 0.3) is 0 Å². The molecule has 0 radical (unpaired) electrons. The van der Waals surface area contributed by atoms with Gasteiger partial charge in [-0.15, -0.1) is 0 Å². The van der Waals surface area contributed by atoms with Crippen LogP contribution in [-0.2, 0) is 15.6 Å². The Labute approximate surface area is 121 Å². The third-order valence-corrected chi connectivity index (χ3v) is 4.67. The van der Waals surface area contributed by atoms with Gasteiger partial charge in [-0.1, -0.05) is 6.07 Å². The second-order valence-electron chi connectivity index (χ2n) is 4.74. The molecule has 2 rings (SSSR count). The summed E-state index contributed by atoms with van der Waals surface area (Å²) in [5.41, 5.74) is 1.14. The van der Waals surface area contributed by atoms with Crippen LogP contribution in [0.15, 0.2) is 24.3 Å². The third-order valence-electron chi connectivity index (χ3n) is 3.40. The first-order chi connectivity index (χ1) is 9.60. The Balaban J connectivity index is 1.97. The Kier molecular flexibility index (Phi) is 4.88. The summed E-state index contributed by atoms with van der Waals surface area (Å²) in [6.07, 6.45) is 0. The number of carbonyl (C=O) groups excluding carboxylic acids is 1. The van der Waals surface area contributed by atoms with Gasteiger partial charge < -0.3 is 5.32 Å². The summed E-state index contributed by atoms with van der Waals surface area (Å²) in [6.45, 7) is 3.20. The van der Waals surface area contributed by atoms with Gasteiger partial charge in [0.15, 0.2) is 0 Å². The molecule has 1 saturated heterocycles. The van der Waals surface area contributed by atoms with Crippen molar-refractivity contribution >= 4 is 22.4 Å². The monoisotopic (exact) mass is 291 g/mol. The molecular weight excluding hydrogens is 274 g/mol. The summed E-state index contributed by atoms with van der Waals surface area (Å²) in [7, 11) is -0.742. The SMILES string of the molecule is CC(C(=O)Nc1cccc(C#N)c1)N1CCS(=O)CC1. The zero-order valence-electron chi connectivity index (χ0n) is 11.3. The molecule has 1 unspecified atom stereocenters. The fraction of sp³-hybridized carbons (Fsp3) is 0.429. The van der Waals surface area contributed by atoms with Gasteiger partial charge in [0.25, 0.3) is 0 Å². The quantitative estimate of drug-likeness (QED) is 0.900. The molecule has 0 bridgehead atoms. The molecule has 5 nitrogen and oxygen atoms in total. The van der Waals surface area contributed by atoms with Crippen LogP contribution in [0.2, 0.25) is 0 Å². The topological polar surface area (TPSA) is 73.2 Å². The molecule has 1 aliphatic heterocycles. The smallest absolute Gasteiger partial charge is 0.241 e. The van der Waals surface area contributed by atoms with Gasteiger partial charge in [-0.2, -0.15) is 5.26 Å². The van der Waals surface area contributed by atoms with Gasteiger partial charge in [0.05, 0.1) is 17.7 Å². The van der Waals surface area contributed by atoms with Gasteiger partial charge in [-0.05, 0) is 25.1 Å². The van der Waals surface area contributed by atoms with E-state index >= 15 is 0 Å². The Morgan fingerprint density at radius 3 is 2.80 bits per heavy atom. The number of carbonyl (C=O) groups is 1. The first kappa shape index (κ1) is 14.7. The lowest BCUT2D eigenvalue weighted by molar-refractivity contribution is -0.120. The lowest BCUT2D eigenvalue weighted by Gasteiger charge is -2.30. The number of nitrogens with one attached hydrogen (secondary N) is 1. The molecule has 0 aromatic heterocycles. The first-order valence-electron chi connectivity index (χ1n) is 6.50. The molecule has 1 fully saturated rings. The maximum atomic E-state index is 12.2. The van der Waals surface area contributed by atoms with E-state index in [4.69, 9.17) is 5.26 Å². The minimum atomic E-state index is -0.742. The Morgan fingerprint density at radius 1 is 1.45 bits per heavy atom. The highest BCUT2D eigenvalue weighted by atomic mass is 32.2. The molecule has 20 heavy (non-hydrogen) atoms. The molecule has 0 spiro atoms. The lowest BCUT2D eigenvalue weighted by atomic mass is 10.2. The van der Waals surface area contributed by atoms with Gasteiger partial charge in [-0.3, -0.25) is 13.9 Å². The Hall–Kier alpha value is -1.71. The molecule has 6 heteroatoms. The highest BCUT2D eigenvalue weighted by Crippen LogP contribution is 2.12. The van der Waals surface area contributed by atoms with E-state index in [-0.39, 0.29) is 11.9 Å². The summed E-state index contributed by atoms with van der Waals surface area (Å²) in [4.78, 5) is 14.2. The molecule has 1 aromatic carbocycles. The van der Waals surface area contributed by atoms with E-state index in [9.17, 15) is 9.00 Å². The van der Waals surface area contributed by atoms with Gasteiger partial charge in [0.1, 0.15) is 0 Å². The number of anilines is 1. The van der Waals surface area contributed by atoms with Crippen LogP contribution in [0.5, 0.6) is 0 Å². The maximum absolute atomic E-state index is 12.2. The number of amides is 1. The highest BCUT2D eigenvalue weighted by molar-refractivity contribution is 7.85. The van der Waals surface area contributed by atoms with Crippen LogP contribution in [0.1, 0.15) is 12.5 Å². The third kappa shape index (κ3) is 3.65. The van der Waals surface area contributed by atoms with Crippen molar-refractivity contribution in [1.82, 2.24) is 4.90 Å². The molecular formula is C14H17N3O2S. The lowest BCUT2D eigenvalue weighted by Crippen LogP contribution is -2.48. The molecule has 106 valence electrons. The van der Waals surface area contributed by atoms with Gasteiger partial charge in [0, 0.05) is 41.1 Å². The van der Waals surface area contributed by atoms with Crippen LogP contribution in [0.3, 0.4) is 0 Å². The van der Waals surface area contributed by atoms with Crippen molar-refractivity contribution in [3.05, 3.63) is 29.8 Å². The van der Waals surface area contributed by atoms with Crippen molar-refractivity contribution in [2.45, 2.75) is 13.0 Å². The molecule has 1 amide bonds. The van der Waals surface area contributed by atoms with Crippen LogP contribution < -0.4 is 5.32 Å². The van der Waals surface area contributed by atoms with E-state index in [0.29, 0.717) is 35.8 Å². The second-order valence-corrected chi connectivity index (χ2v) is 6.44. The molecule has 1 N–H and O–H groups in total. The number of nitrogens with zero attached hydrogens (tertiary/aromatic N) is 2. The van der Waals surface area contributed by atoms with Crippen molar-refractivity contribution in [2.24, 2.45) is 0 Å². The van der Waals surface area contributed by atoms with Gasteiger partial charge in [0.2, 0.25) is 5.91 Å². The standard InChI is InChI=1S/C14H17N3O2S/c1-11(17-5-7-20(19)8-6-17)14(18)16-13-4-2-3-12(9-13)10-15/h2-4,9,11H,5-8H2,1H3,(H,16,18). The maximum Gasteiger partial charge on any atom is 0.241 e. The molecule has 1 aromatic rings. The molecule has 1 atom stereocenters. The number of rotatable bonds is 3. The van der Waals surface area contributed by atoms with Crippen LogP contribution in [-0.4, -0.2) is 45.7 Å². The zero-order valence-corrected chi connectivity index (χ0v) is 12.2.